The molecule has 2 aromatic rings. The molecule has 1 atom stereocenters. The van der Waals surface area contributed by atoms with Gasteiger partial charge < -0.3 is 4.98 Å². The Labute approximate surface area is 95.4 Å². The standard InChI is InChI=1S/C11H10F2N2S/c12-7-3-9-10(4-8(7)13)15-11(14-9)6-1-2-16-5-6/h3-4,6H,1-2,5H2,(H,14,15). The second-order valence-corrected chi connectivity index (χ2v) is 5.12. The quantitative estimate of drug-likeness (QED) is 0.829. The molecule has 1 aliphatic rings. The van der Waals surface area contributed by atoms with Gasteiger partial charge in [0.1, 0.15) is 5.82 Å². The second-order valence-electron chi connectivity index (χ2n) is 3.97. The third-order valence-corrected chi connectivity index (χ3v) is 4.02. The van der Waals surface area contributed by atoms with E-state index in [2.05, 4.69) is 9.97 Å². The molecule has 1 saturated heterocycles. The molecule has 1 aromatic carbocycles. The molecule has 84 valence electrons. The van der Waals surface area contributed by atoms with Crippen molar-refractivity contribution in [3.8, 4) is 0 Å². The number of hydrogen-bond acceptors (Lipinski definition) is 2. The van der Waals surface area contributed by atoms with Crippen molar-refractivity contribution in [2.75, 3.05) is 11.5 Å². The lowest BCUT2D eigenvalue weighted by Gasteiger charge is -2.01. The van der Waals surface area contributed by atoms with E-state index in [1.807, 2.05) is 11.8 Å². The van der Waals surface area contributed by atoms with E-state index in [1.54, 1.807) is 0 Å². The van der Waals surface area contributed by atoms with Gasteiger partial charge in [0.05, 0.1) is 11.0 Å². The van der Waals surface area contributed by atoms with Crippen LogP contribution in [-0.2, 0) is 0 Å². The number of aromatic nitrogens is 2. The van der Waals surface area contributed by atoms with Gasteiger partial charge >= 0.3 is 0 Å². The van der Waals surface area contributed by atoms with Crippen LogP contribution in [0.2, 0.25) is 0 Å². The van der Waals surface area contributed by atoms with Crippen LogP contribution >= 0.6 is 11.8 Å². The van der Waals surface area contributed by atoms with Crippen LogP contribution in [0.5, 0.6) is 0 Å². The molecule has 1 aromatic heterocycles. The highest BCUT2D eigenvalue weighted by Crippen LogP contribution is 2.31. The molecule has 0 amide bonds. The number of nitrogens with one attached hydrogen (secondary N) is 1. The molecule has 16 heavy (non-hydrogen) atoms. The molecule has 2 heterocycles. The third-order valence-electron chi connectivity index (χ3n) is 2.86. The van der Waals surface area contributed by atoms with Gasteiger partial charge in [-0.05, 0) is 12.2 Å². The number of hydrogen-bond donors (Lipinski definition) is 1. The van der Waals surface area contributed by atoms with Crippen LogP contribution in [0.3, 0.4) is 0 Å². The van der Waals surface area contributed by atoms with Gasteiger partial charge in [-0.15, -0.1) is 0 Å². The van der Waals surface area contributed by atoms with E-state index >= 15 is 0 Å². The van der Waals surface area contributed by atoms with E-state index in [9.17, 15) is 8.78 Å². The first-order valence-electron chi connectivity index (χ1n) is 5.16. The molecule has 0 saturated carbocycles. The van der Waals surface area contributed by atoms with E-state index in [-0.39, 0.29) is 0 Å². The van der Waals surface area contributed by atoms with Crippen molar-refractivity contribution in [2.45, 2.75) is 12.3 Å². The first kappa shape index (κ1) is 10.1. The van der Waals surface area contributed by atoms with Crippen molar-refractivity contribution in [1.29, 1.82) is 0 Å². The number of benzene rings is 1. The highest BCUT2D eigenvalue weighted by Gasteiger charge is 2.21. The predicted octanol–water partition coefficient (Wildman–Crippen LogP) is 3.06. The molecule has 1 N–H and O–H groups in total. The Morgan fingerprint density at radius 1 is 1.31 bits per heavy atom. The van der Waals surface area contributed by atoms with Crippen molar-refractivity contribution in [2.24, 2.45) is 0 Å². The first-order valence-corrected chi connectivity index (χ1v) is 6.32. The van der Waals surface area contributed by atoms with Crippen LogP contribution in [0.1, 0.15) is 18.2 Å². The van der Waals surface area contributed by atoms with Crippen LogP contribution in [0, 0.1) is 11.6 Å². The summed E-state index contributed by atoms with van der Waals surface area (Å²) in [5, 5.41) is 0. The lowest BCUT2D eigenvalue weighted by molar-refractivity contribution is 0.510. The van der Waals surface area contributed by atoms with Gasteiger partial charge in [-0.1, -0.05) is 0 Å². The molecule has 0 spiro atoms. The number of halogens is 2. The van der Waals surface area contributed by atoms with Crippen molar-refractivity contribution in [3.63, 3.8) is 0 Å². The fourth-order valence-electron chi connectivity index (χ4n) is 1.97. The second kappa shape index (κ2) is 3.73. The molecule has 1 aliphatic heterocycles. The Morgan fingerprint density at radius 2 is 2.12 bits per heavy atom. The van der Waals surface area contributed by atoms with E-state index in [0.717, 1.165) is 29.8 Å². The lowest BCUT2D eigenvalue weighted by atomic mass is 10.1. The summed E-state index contributed by atoms with van der Waals surface area (Å²) in [7, 11) is 0. The average molecular weight is 240 g/mol. The molecule has 1 fully saturated rings. The van der Waals surface area contributed by atoms with Gasteiger partial charge in [0, 0.05) is 23.8 Å². The van der Waals surface area contributed by atoms with Crippen LogP contribution in [-0.4, -0.2) is 21.5 Å². The highest BCUT2D eigenvalue weighted by atomic mass is 32.2. The largest absolute Gasteiger partial charge is 0.342 e. The molecule has 0 bridgehead atoms. The lowest BCUT2D eigenvalue weighted by Crippen LogP contribution is -1.98. The number of H-pyrrole nitrogens is 1. The molecule has 5 heteroatoms. The number of rotatable bonds is 1. The maximum atomic E-state index is 13.0. The van der Waals surface area contributed by atoms with Crippen LogP contribution in [0.25, 0.3) is 11.0 Å². The summed E-state index contributed by atoms with van der Waals surface area (Å²) >= 11 is 1.89. The maximum Gasteiger partial charge on any atom is 0.161 e. The fraction of sp³-hybridized carbons (Fsp3) is 0.364. The van der Waals surface area contributed by atoms with E-state index in [0.29, 0.717) is 17.0 Å². The molecule has 3 rings (SSSR count). The minimum Gasteiger partial charge on any atom is -0.342 e. The Hall–Kier alpha value is -1.10. The van der Waals surface area contributed by atoms with Crippen molar-refractivity contribution >= 4 is 22.8 Å². The molecule has 0 radical (unpaired) electrons. The van der Waals surface area contributed by atoms with Crippen LogP contribution < -0.4 is 0 Å². The highest BCUT2D eigenvalue weighted by molar-refractivity contribution is 7.99. The Kier molecular flexibility index (Phi) is 2.35. The SMILES string of the molecule is Fc1cc2nc(C3CCSC3)[nH]c2cc1F. The summed E-state index contributed by atoms with van der Waals surface area (Å²) < 4.78 is 26.0. The normalized spacial score (nSPS) is 20.8. The summed E-state index contributed by atoms with van der Waals surface area (Å²) in [5.74, 6) is 1.73. The summed E-state index contributed by atoms with van der Waals surface area (Å²) in [6.45, 7) is 0. The molecule has 2 nitrogen and oxygen atoms in total. The number of imidazole rings is 1. The van der Waals surface area contributed by atoms with E-state index in [4.69, 9.17) is 0 Å². The van der Waals surface area contributed by atoms with Crippen LogP contribution in [0.4, 0.5) is 8.78 Å². The predicted molar refractivity (Wildman–Crippen MR) is 60.7 cm³/mol. The molecular weight excluding hydrogens is 230 g/mol. The van der Waals surface area contributed by atoms with Crippen LogP contribution in [0.15, 0.2) is 12.1 Å². The topological polar surface area (TPSA) is 28.7 Å². The summed E-state index contributed by atoms with van der Waals surface area (Å²) in [6, 6.07) is 2.32. The first-order chi connectivity index (χ1) is 7.74. The Bertz CT molecular complexity index is 493. The van der Waals surface area contributed by atoms with Gasteiger partial charge in [-0.2, -0.15) is 11.8 Å². The van der Waals surface area contributed by atoms with Gasteiger partial charge in [0.25, 0.3) is 0 Å². The minimum atomic E-state index is -0.841. The monoisotopic (exact) mass is 240 g/mol. The number of thioether (sulfide) groups is 1. The fourth-order valence-corrected chi connectivity index (χ4v) is 3.20. The van der Waals surface area contributed by atoms with Gasteiger partial charge in [0.2, 0.25) is 0 Å². The summed E-state index contributed by atoms with van der Waals surface area (Å²) in [4.78, 5) is 7.40. The van der Waals surface area contributed by atoms with Gasteiger partial charge in [-0.25, -0.2) is 13.8 Å². The summed E-state index contributed by atoms with van der Waals surface area (Å²) in [5.41, 5.74) is 1.08. The van der Waals surface area contributed by atoms with Crippen molar-refractivity contribution in [1.82, 2.24) is 9.97 Å². The number of nitrogens with zero attached hydrogens (tertiary/aromatic N) is 1. The zero-order valence-corrected chi connectivity index (χ0v) is 9.28. The summed E-state index contributed by atoms with van der Waals surface area (Å²) in [6.07, 6.45) is 1.08. The van der Waals surface area contributed by atoms with Crippen molar-refractivity contribution in [3.05, 3.63) is 29.6 Å². The Balaban J connectivity index is 2.08. The molecule has 1 unspecified atom stereocenters. The van der Waals surface area contributed by atoms with Crippen molar-refractivity contribution < 1.29 is 8.78 Å². The molecular formula is C11H10F2N2S. The number of aromatic amines is 1. The average Bonchev–Trinajstić information content (AvgIpc) is 2.86. The zero-order chi connectivity index (χ0) is 11.1. The van der Waals surface area contributed by atoms with E-state index in [1.165, 1.54) is 6.07 Å². The zero-order valence-electron chi connectivity index (χ0n) is 8.46. The smallest absolute Gasteiger partial charge is 0.161 e. The number of fused-ring (bicyclic) bond motifs is 1. The maximum absolute atomic E-state index is 13.0. The van der Waals surface area contributed by atoms with E-state index < -0.39 is 11.6 Å². The third kappa shape index (κ3) is 1.59. The minimum absolute atomic E-state index is 0.392. The van der Waals surface area contributed by atoms with Gasteiger partial charge in [0.15, 0.2) is 11.6 Å². The Morgan fingerprint density at radius 3 is 2.88 bits per heavy atom. The van der Waals surface area contributed by atoms with Gasteiger partial charge in [-0.3, -0.25) is 0 Å². The molecule has 0 aliphatic carbocycles.